The van der Waals surface area contributed by atoms with Gasteiger partial charge in [0.25, 0.3) is 0 Å². The number of sulfonamides is 1. The van der Waals surface area contributed by atoms with Crippen molar-refractivity contribution in [2.45, 2.75) is 11.8 Å². The summed E-state index contributed by atoms with van der Waals surface area (Å²) in [4.78, 5) is 0.305. The highest BCUT2D eigenvalue weighted by molar-refractivity contribution is 9.10. The zero-order valence-corrected chi connectivity index (χ0v) is 11.5. The van der Waals surface area contributed by atoms with Crippen molar-refractivity contribution in [3.63, 3.8) is 0 Å². The normalized spacial score (nSPS) is 11.7. The van der Waals surface area contributed by atoms with Gasteiger partial charge in [0.1, 0.15) is 0 Å². The first kappa shape index (κ1) is 13.4. The van der Waals surface area contributed by atoms with Gasteiger partial charge in [-0.25, -0.2) is 8.42 Å². The van der Waals surface area contributed by atoms with Crippen LogP contribution in [0.2, 0.25) is 0 Å². The standard InChI is InChI=1S/C11H14BrNO2S/c1-3-9-13(4-2)16(14,15)11-7-5-10(12)6-8-11/h3,5-8H,1,4,9H2,2H3. The van der Waals surface area contributed by atoms with Crippen LogP contribution in [0.5, 0.6) is 0 Å². The van der Waals surface area contributed by atoms with Gasteiger partial charge in [0.15, 0.2) is 0 Å². The van der Waals surface area contributed by atoms with E-state index in [9.17, 15) is 8.42 Å². The van der Waals surface area contributed by atoms with Gasteiger partial charge in [0, 0.05) is 17.6 Å². The van der Waals surface area contributed by atoms with Crippen molar-refractivity contribution in [3.05, 3.63) is 41.4 Å². The van der Waals surface area contributed by atoms with Crippen molar-refractivity contribution in [1.82, 2.24) is 4.31 Å². The summed E-state index contributed by atoms with van der Waals surface area (Å²) in [6.45, 7) is 6.12. The van der Waals surface area contributed by atoms with Gasteiger partial charge in [0.05, 0.1) is 4.90 Å². The maximum atomic E-state index is 12.1. The van der Waals surface area contributed by atoms with Crippen LogP contribution in [0, 0.1) is 0 Å². The van der Waals surface area contributed by atoms with E-state index in [1.165, 1.54) is 4.31 Å². The zero-order valence-electron chi connectivity index (χ0n) is 9.06. The summed E-state index contributed by atoms with van der Waals surface area (Å²) in [7, 11) is -3.39. The third-order valence-corrected chi connectivity index (χ3v) is 4.62. The predicted octanol–water partition coefficient (Wildman–Crippen LogP) is 2.65. The molecule has 16 heavy (non-hydrogen) atoms. The minimum Gasteiger partial charge on any atom is -0.207 e. The number of nitrogens with zero attached hydrogens (tertiary/aromatic N) is 1. The predicted molar refractivity (Wildman–Crippen MR) is 68.8 cm³/mol. The second-order valence-electron chi connectivity index (χ2n) is 3.20. The van der Waals surface area contributed by atoms with E-state index in [-0.39, 0.29) is 0 Å². The highest BCUT2D eigenvalue weighted by Crippen LogP contribution is 2.18. The van der Waals surface area contributed by atoms with Crippen LogP contribution in [-0.2, 0) is 10.0 Å². The fraction of sp³-hybridized carbons (Fsp3) is 0.273. The molecule has 0 fully saturated rings. The summed E-state index contributed by atoms with van der Waals surface area (Å²) >= 11 is 3.27. The Bertz CT molecular complexity index is 453. The van der Waals surface area contributed by atoms with E-state index in [1.807, 2.05) is 0 Å². The van der Waals surface area contributed by atoms with Gasteiger partial charge in [-0.05, 0) is 24.3 Å². The Labute approximate surface area is 105 Å². The van der Waals surface area contributed by atoms with E-state index in [1.54, 1.807) is 37.3 Å². The quantitative estimate of drug-likeness (QED) is 0.784. The molecular formula is C11H14BrNO2S. The van der Waals surface area contributed by atoms with Crippen LogP contribution >= 0.6 is 15.9 Å². The van der Waals surface area contributed by atoms with E-state index in [0.29, 0.717) is 18.0 Å². The molecule has 0 heterocycles. The van der Waals surface area contributed by atoms with Crippen molar-refractivity contribution >= 4 is 26.0 Å². The second kappa shape index (κ2) is 5.61. The summed E-state index contributed by atoms with van der Waals surface area (Å²) in [5, 5.41) is 0. The van der Waals surface area contributed by atoms with Crippen LogP contribution in [0.4, 0.5) is 0 Å². The number of likely N-dealkylation sites (N-methyl/N-ethyl adjacent to an activating group) is 1. The molecule has 3 nitrogen and oxygen atoms in total. The molecule has 0 aliphatic heterocycles. The van der Waals surface area contributed by atoms with Crippen LogP contribution in [-0.4, -0.2) is 25.8 Å². The molecule has 88 valence electrons. The van der Waals surface area contributed by atoms with Crippen LogP contribution < -0.4 is 0 Å². The van der Waals surface area contributed by atoms with Gasteiger partial charge in [0.2, 0.25) is 10.0 Å². The molecule has 5 heteroatoms. The monoisotopic (exact) mass is 303 g/mol. The lowest BCUT2D eigenvalue weighted by atomic mass is 10.4. The summed E-state index contributed by atoms with van der Waals surface area (Å²) in [6, 6.07) is 6.61. The Morgan fingerprint density at radius 1 is 1.38 bits per heavy atom. The topological polar surface area (TPSA) is 37.4 Å². The molecule has 0 atom stereocenters. The van der Waals surface area contributed by atoms with Gasteiger partial charge < -0.3 is 0 Å². The van der Waals surface area contributed by atoms with Crippen LogP contribution in [0.15, 0.2) is 46.3 Å². The third-order valence-electron chi connectivity index (χ3n) is 2.14. The maximum absolute atomic E-state index is 12.1. The molecule has 0 saturated carbocycles. The van der Waals surface area contributed by atoms with E-state index < -0.39 is 10.0 Å². The molecule has 0 aliphatic carbocycles. The summed E-state index contributed by atoms with van der Waals surface area (Å²) in [5.41, 5.74) is 0. The second-order valence-corrected chi connectivity index (χ2v) is 6.05. The Balaban J connectivity index is 3.09. The summed E-state index contributed by atoms with van der Waals surface area (Å²) in [5.74, 6) is 0. The largest absolute Gasteiger partial charge is 0.243 e. The summed E-state index contributed by atoms with van der Waals surface area (Å²) in [6.07, 6.45) is 1.58. The lowest BCUT2D eigenvalue weighted by Gasteiger charge is -2.18. The molecule has 0 unspecified atom stereocenters. The molecule has 0 amide bonds. The van der Waals surface area contributed by atoms with Gasteiger partial charge in [-0.3, -0.25) is 0 Å². The molecule has 0 radical (unpaired) electrons. The lowest BCUT2D eigenvalue weighted by molar-refractivity contribution is 0.460. The Kier molecular flexibility index (Phi) is 4.70. The molecule has 0 bridgehead atoms. The van der Waals surface area contributed by atoms with Gasteiger partial charge in [-0.15, -0.1) is 6.58 Å². The van der Waals surface area contributed by atoms with Gasteiger partial charge >= 0.3 is 0 Å². The SMILES string of the molecule is C=CCN(CC)S(=O)(=O)c1ccc(Br)cc1. The summed E-state index contributed by atoms with van der Waals surface area (Å²) < 4.78 is 26.5. The minimum absolute atomic E-state index is 0.305. The van der Waals surface area contributed by atoms with Gasteiger partial charge in [-0.2, -0.15) is 4.31 Å². The molecular weight excluding hydrogens is 290 g/mol. The lowest BCUT2D eigenvalue weighted by Crippen LogP contribution is -2.30. The first-order chi connectivity index (χ1) is 7.52. The van der Waals surface area contributed by atoms with Crippen molar-refractivity contribution < 1.29 is 8.42 Å². The fourth-order valence-corrected chi connectivity index (χ4v) is 2.98. The molecule has 0 spiro atoms. The fourth-order valence-electron chi connectivity index (χ4n) is 1.30. The van der Waals surface area contributed by atoms with Crippen LogP contribution in [0.1, 0.15) is 6.92 Å². The van der Waals surface area contributed by atoms with Gasteiger partial charge in [-0.1, -0.05) is 28.9 Å². The highest BCUT2D eigenvalue weighted by Gasteiger charge is 2.21. The third kappa shape index (κ3) is 2.93. The zero-order chi connectivity index (χ0) is 12.2. The minimum atomic E-state index is -3.39. The molecule has 1 aromatic rings. The molecule has 1 rings (SSSR count). The van der Waals surface area contributed by atoms with Crippen molar-refractivity contribution in [2.24, 2.45) is 0 Å². The van der Waals surface area contributed by atoms with E-state index >= 15 is 0 Å². The first-order valence-electron chi connectivity index (χ1n) is 4.89. The molecule has 1 aromatic carbocycles. The number of benzene rings is 1. The number of hydrogen-bond donors (Lipinski definition) is 0. The first-order valence-corrected chi connectivity index (χ1v) is 7.12. The number of rotatable bonds is 5. The Hall–Kier alpha value is -0.650. The average molecular weight is 304 g/mol. The van der Waals surface area contributed by atoms with E-state index in [2.05, 4.69) is 22.5 Å². The van der Waals surface area contributed by atoms with E-state index in [0.717, 1.165) is 4.47 Å². The van der Waals surface area contributed by atoms with Crippen LogP contribution in [0.3, 0.4) is 0 Å². The number of hydrogen-bond acceptors (Lipinski definition) is 2. The van der Waals surface area contributed by atoms with Crippen molar-refractivity contribution in [2.75, 3.05) is 13.1 Å². The Morgan fingerprint density at radius 3 is 2.38 bits per heavy atom. The molecule has 0 aromatic heterocycles. The molecule has 0 N–H and O–H groups in total. The van der Waals surface area contributed by atoms with Crippen LogP contribution in [0.25, 0.3) is 0 Å². The molecule has 0 aliphatic rings. The average Bonchev–Trinajstić information content (AvgIpc) is 2.26. The van der Waals surface area contributed by atoms with E-state index in [4.69, 9.17) is 0 Å². The highest BCUT2D eigenvalue weighted by atomic mass is 79.9. The van der Waals surface area contributed by atoms with Crippen molar-refractivity contribution in [1.29, 1.82) is 0 Å². The number of halogens is 1. The van der Waals surface area contributed by atoms with Crippen molar-refractivity contribution in [3.8, 4) is 0 Å². The maximum Gasteiger partial charge on any atom is 0.243 e. The molecule has 0 saturated heterocycles. The smallest absolute Gasteiger partial charge is 0.207 e. The Morgan fingerprint density at radius 2 is 1.94 bits per heavy atom.